The quantitative estimate of drug-likeness (QED) is 0.854. The van der Waals surface area contributed by atoms with Crippen LogP contribution in [0.1, 0.15) is 6.92 Å². The van der Waals surface area contributed by atoms with E-state index in [0.717, 1.165) is 5.82 Å². The Bertz CT molecular complexity index is 641. The number of ether oxygens (including phenoxy) is 1. The van der Waals surface area contributed by atoms with E-state index in [1.165, 1.54) is 12.4 Å². The number of rotatable bonds is 4. The number of anilines is 2. The van der Waals surface area contributed by atoms with Gasteiger partial charge in [-0.15, -0.1) is 10.2 Å². The second-order valence-electron chi connectivity index (χ2n) is 5.09. The van der Waals surface area contributed by atoms with Crippen LogP contribution in [-0.4, -0.2) is 48.0 Å². The molecule has 6 nitrogen and oxygen atoms in total. The largest absolute Gasteiger partial charge is 0.477 e. The highest BCUT2D eigenvalue weighted by Crippen LogP contribution is 2.29. The summed E-state index contributed by atoms with van der Waals surface area (Å²) in [4.78, 5) is 7.78. The number of hydrogen-bond donors (Lipinski definition) is 0. The molecule has 0 saturated carbocycles. The molecule has 3 rings (SSSR count). The summed E-state index contributed by atoms with van der Waals surface area (Å²) in [5.74, 6) is 0.904. The summed E-state index contributed by atoms with van der Waals surface area (Å²) in [7, 11) is 0. The van der Waals surface area contributed by atoms with E-state index in [1.54, 1.807) is 6.07 Å². The number of halogens is 2. The SMILES string of the molecule is CCOc1ccc(N2CCN(c3c(F)cncc3Cl)CC2)nn1. The first-order chi connectivity index (χ1) is 11.2. The van der Waals surface area contributed by atoms with Crippen LogP contribution in [0.2, 0.25) is 5.02 Å². The van der Waals surface area contributed by atoms with E-state index < -0.39 is 5.82 Å². The van der Waals surface area contributed by atoms with Crippen molar-refractivity contribution in [2.75, 3.05) is 42.6 Å². The third-order valence-corrected chi connectivity index (χ3v) is 3.94. The molecule has 0 unspecified atom stereocenters. The van der Waals surface area contributed by atoms with E-state index in [-0.39, 0.29) is 0 Å². The van der Waals surface area contributed by atoms with Crippen molar-refractivity contribution < 1.29 is 9.13 Å². The lowest BCUT2D eigenvalue weighted by Crippen LogP contribution is -2.47. The monoisotopic (exact) mass is 337 g/mol. The first-order valence-electron chi connectivity index (χ1n) is 7.44. The molecule has 0 bridgehead atoms. The average Bonchev–Trinajstić information content (AvgIpc) is 2.56. The van der Waals surface area contributed by atoms with Gasteiger partial charge in [0.05, 0.1) is 23.5 Å². The molecule has 0 aliphatic carbocycles. The van der Waals surface area contributed by atoms with Gasteiger partial charge in [0.1, 0.15) is 0 Å². The molecule has 8 heteroatoms. The molecule has 1 fully saturated rings. The van der Waals surface area contributed by atoms with Crippen LogP contribution >= 0.6 is 11.6 Å². The van der Waals surface area contributed by atoms with Gasteiger partial charge < -0.3 is 14.5 Å². The molecular weight excluding hydrogens is 321 g/mol. The smallest absolute Gasteiger partial charge is 0.233 e. The first-order valence-corrected chi connectivity index (χ1v) is 7.82. The van der Waals surface area contributed by atoms with Gasteiger partial charge in [-0.05, 0) is 13.0 Å². The van der Waals surface area contributed by atoms with Gasteiger partial charge in [-0.3, -0.25) is 4.98 Å². The van der Waals surface area contributed by atoms with Gasteiger partial charge in [-0.2, -0.15) is 0 Å². The zero-order valence-electron chi connectivity index (χ0n) is 12.7. The zero-order valence-corrected chi connectivity index (χ0v) is 13.5. The van der Waals surface area contributed by atoms with Crippen LogP contribution in [0.3, 0.4) is 0 Å². The molecule has 2 aromatic heterocycles. The van der Waals surface area contributed by atoms with Crippen LogP contribution in [-0.2, 0) is 0 Å². The second kappa shape index (κ2) is 6.95. The molecule has 1 aliphatic rings. The highest BCUT2D eigenvalue weighted by molar-refractivity contribution is 6.33. The lowest BCUT2D eigenvalue weighted by atomic mass is 10.2. The maximum atomic E-state index is 13.9. The Labute approximate surface area is 138 Å². The van der Waals surface area contributed by atoms with Crippen LogP contribution in [0.5, 0.6) is 5.88 Å². The van der Waals surface area contributed by atoms with Crippen LogP contribution < -0.4 is 14.5 Å². The minimum atomic E-state index is -0.396. The topological polar surface area (TPSA) is 54.4 Å². The predicted octanol–water partition coefficient (Wildman–Crippen LogP) is 2.39. The van der Waals surface area contributed by atoms with Crippen molar-refractivity contribution in [3.05, 3.63) is 35.4 Å². The van der Waals surface area contributed by atoms with Crippen molar-refractivity contribution in [3.8, 4) is 5.88 Å². The van der Waals surface area contributed by atoms with Crippen molar-refractivity contribution in [1.82, 2.24) is 15.2 Å². The fraction of sp³-hybridized carbons (Fsp3) is 0.400. The summed E-state index contributed by atoms with van der Waals surface area (Å²) < 4.78 is 19.2. The molecule has 3 heterocycles. The van der Waals surface area contributed by atoms with Crippen molar-refractivity contribution >= 4 is 23.1 Å². The van der Waals surface area contributed by atoms with E-state index in [9.17, 15) is 4.39 Å². The van der Waals surface area contributed by atoms with Gasteiger partial charge in [0, 0.05) is 38.4 Å². The third kappa shape index (κ3) is 3.44. The molecule has 1 saturated heterocycles. The molecule has 23 heavy (non-hydrogen) atoms. The zero-order chi connectivity index (χ0) is 16.2. The summed E-state index contributed by atoms with van der Waals surface area (Å²) in [5, 5.41) is 8.54. The summed E-state index contributed by atoms with van der Waals surface area (Å²) in [6.07, 6.45) is 2.65. The van der Waals surface area contributed by atoms with Crippen LogP contribution in [0, 0.1) is 5.82 Å². The molecule has 1 aliphatic heterocycles. The highest BCUT2D eigenvalue weighted by atomic mass is 35.5. The van der Waals surface area contributed by atoms with Gasteiger partial charge >= 0.3 is 0 Å². The number of piperazine rings is 1. The van der Waals surface area contributed by atoms with Crippen molar-refractivity contribution in [3.63, 3.8) is 0 Å². The van der Waals surface area contributed by atoms with Crippen LogP contribution in [0.4, 0.5) is 15.9 Å². The van der Waals surface area contributed by atoms with Crippen molar-refractivity contribution in [2.24, 2.45) is 0 Å². The lowest BCUT2D eigenvalue weighted by molar-refractivity contribution is 0.322. The highest BCUT2D eigenvalue weighted by Gasteiger charge is 2.22. The molecule has 0 radical (unpaired) electrons. The van der Waals surface area contributed by atoms with Crippen LogP contribution in [0.15, 0.2) is 24.5 Å². The normalized spacial score (nSPS) is 14.9. The average molecular weight is 338 g/mol. The fourth-order valence-electron chi connectivity index (χ4n) is 2.57. The van der Waals surface area contributed by atoms with Gasteiger partial charge in [-0.1, -0.05) is 11.6 Å². The van der Waals surface area contributed by atoms with E-state index >= 15 is 0 Å². The molecule has 122 valence electrons. The van der Waals surface area contributed by atoms with Gasteiger partial charge in [0.15, 0.2) is 11.6 Å². The Kier molecular flexibility index (Phi) is 4.76. The Morgan fingerprint density at radius 3 is 2.48 bits per heavy atom. The molecule has 0 aromatic carbocycles. The summed E-state index contributed by atoms with van der Waals surface area (Å²) in [6, 6.07) is 3.69. The maximum absolute atomic E-state index is 13.9. The first kappa shape index (κ1) is 15.7. The maximum Gasteiger partial charge on any atom is 0.233 e. The Morgan fingerprint density at radius 1 is 1.13 bits per heavy atom. The number of hydrogen-bond acceptors (Lipinski definition) is 6. The Morgan fingerprint density at radius 2 is 1.87 bits per heavy atom. The van der Waals surface area contributed by atoms with Crippen molar-refractivity contribution in [2.45, 2.75) is 6.92 Å². The van der Waals surface area contributed by atoms with E-state index in [1.807, 2.05) is 17.9 Å². The minimum Gasteiger partial charge on any atom is -0.477 e. The summed E-state index contributed by atoms with van der Waals surface area (Å²) >= 11 is 6.07. The van der Waals surface area contributed by atoms with E-state index in [4.69, 9.17) is 16.3 Å². The molecule has 2 aromatic rings. The Hall–Kier alpha value is -2.15. The van der Waals surface area contributed by atoms with E-state index in [0.29, 0.717) is 49.4 Å². The molecule has 0 spiro atoms. The van der Waals surface area contributed by atoms with Crippen molar-refractivity contribution in [1.29, 1.82) is 0 Å². The summed E-state index contributed by atoms with van der Waals surface area (Å²) in [6.45, 7) is 5.18. The second-order valence-corrected chi connectivity index (χ2v) is 5.50. The summed E-state index contributed by atoms with van der Waals surface area (Å²) in [5.41, 5.74) is 0.416. The van der Waals surface area contributed by atoms with Gasteiger partial charge in [0.2, 0.25) is 5.88 Å². The van der Waals surface area contributed by atoms with Gasteiger partial charge in [0.25, 0.3) is 0 Å². The number of pyridine rings is 1. The molecular formula is C15H17ClFN5O. The predicted molar refractivity (Wildman–Crippen MR) is 86.8 cm³/mol. The number of nitrogens with zero attached hydrogens (tertiary/aromatic N) is 5. The number of aromatic nitrogens is 3. The third-order valence-electron chi connectivity index (χ3n) is 3.67. The molecule has 0 amide bonds. The molecule has 0 N–H and O–H groups in total. The lowest BCUT2D eigenvalue weighted by Gasteiger charge is -2.36. The minimum absolute atomic E-state index is 0.333. The van der Waals surface area contributed by atoms with Gasteiger partial charge in [-0.25, -0.2) is 4.39 Å². The fourth-order valence-corrected chi connectivity index (χ4v) is 2.84. The Balaban J connectivity index is 1.66. The molecule has 0 atom stereocenters. The standard InChI is InChI=1S/C15H17ClFN5O/c1-2-23-14-4-3-13(19-20-14)21-5-7-22(8-6-21)15-11(16)9-18-10-12(15)17/h3-4,9-10H,2,5-8H2,1H3. The van der Waals surface area contributed by atoms with Crippen LogP contribution in [0.25, 0.3) is 0 Å². The van der Waals surface area contributed by atoms with E-state index in [2.05, 4.69) is 20.1 Å².